The lowest BCUT2D eigenvalue weighted by Crippen LogP contribution is -2.49. The topological polar surface area (TPSA) is 32.3 Å². The molecule has 0 aliphatic heterocycles. The minimum atomic E-state index is -0.163. The van der Waals surface area contributed by atoms with E-state index in [9.17, 15) is 5.11 Å². The number of aliphatic hydroxyl groups excluding tert-OH is 1. The molecule has 0 aromatic heterocycles. The highest BCUT2D eigenvalue weighted by Crippen LogP contribution is 2.20. The first-order valence-electron chi connectivity index (χ1n) is 7.38. The van der Waals surface area contributed by atoms with E-state index in [4.69, 9.17) is 0 Å². The molecule has 3 heteroatoms. The van der Waals surface area contributed by atoms with Crippen LogP contribution in [0.15, 0.2) is 18.2 Å². The van der Waals surface area contributed by atoms with Gasteiger partial charge in [-0.2, -0.15) is 11.8 Å². The van der Waals surface area contributed by atoms with E-state index in [1.54, 1.807) is 0 Å². The molecule has 0 aliphatic rings. The molecule has 0 heterocycles. The van der Waals surface area contributed by atoms with E-state index < -0.39 is 0 Å². The van der Waals surface area contributed by atoms with Crippen LogP contribution < -0.4 is 5.32 Å². The quantitative estimate of drug-likeness (QED) is 0.718. The van der Waals surface area contributed by atoms with Crippen LogP contribution in [0.25, 0.3) is 0 Å². The summed E-state index contributed by atoms with van der Waals surface area (Å²) in [5.74, 6) is 2.11. The Hall–Kier alpha value is -0.510. The van der Waals surface area contributed by atoms with Gasteiger partial charge >= 0.3 is 0 Å². The molecule has 0 aliphatic carbocycles. The lowest BCUT2D eigenvalue weighted by atomic mass is 9.99. The zero-order valence-electron chi connectivity index (χ0n) is 13.5. The maximum atomic E-state index is 9.55. The second kappa shape index (κ2) is 8.06. The van der Waals surface area contributed by atoms with E-state index in [2.05, 4.69) is 58.1 Å². The fraction of sp³-hybridized carbons (Fsp3) is 0.647. The molecule has 2 N–H and O–H groups in total. The molecule has 0 radical (unpaired) electrons. The van der Waals surface area contributed by atoms with Gasteiger partial charge in [0.2, 0.25) is 0 Å². The summed E-state index contributed by atoms with van der Waals surface area (Å²) < 4.78 is 0. The third kappa shape index (κ3) is 6.29. The van der Waals surface area contributed by atoms with E-state index >= 15 is 0 Å². The van der Waals surface area contributed by atoms with Crippen molar-refractivity contribution in [3.05, 3.63) is 34.9 Å². The van der Waals surface area contributed by atoms with Crippen molar-refractivity contribution in [1.82, 2.24) is 5.32 Å². The Kier molecular flexibility index (Phi) is 7.07. The number of rotatable bonds is 8. The lowest BCUT2D eigenvalue weighted by Gasteiger charge is -2.31. The number of nitrogens with one attached hydrogen (secondary N) is 1. The van der Waals surface area contributed by atoms with Crippen molar-refractivity contribution in [2.24, 2.45) is 0 Å². The molecule has 1 aromatic carbocycles. The number of benzene rings is 1. The third-order valence-electron chi connectivity index (χ3n) is 3.33. The second-order valence-electron chi connectivity index (χ2n) is 6.32. The van der Waals surface area contributed by atoms with Gasteiger partial charge in [-0.3, -0.25) is 0 Å². The Balaban J connectivity index is 2.40. The predicted octanol–water partition coefficient (Wildman–Crippen LogP) is 3.68. The van der Waals surface area contributed by atoms with Crippen molar-refractivity contribution < 1.29 is 5.11 Å². The number of hydrogen-bond acceptors (Lipinski definition) is 3. The van der Waals surface area contributed by atoms with Crippen LogP contribution in [0, 0.1) is 13.8 Å². The van der Waals surface area contributed by atoms with Crippen molar-refractivity contribution in [2.75, 3.05) is 12.4 Å². The molecule has 20 heavy (non-hydrogen) atoms. The summed E-state index contributed by atoms with van der Waals surface area (Å²) in [6.45, 7) is 10.8. The average molecular weight is 295 g/mol. The first-order valence-corrected chi connectivity index (χ1v) is 8.53. The van der Waals surface area contributed by atoms with Crippen LogP contribution in [0.4, 0.5) is 0 Å². The summed E-state index contributed by atoms with van der Waals surface area (Å²) in [4.78, 5) is 0. The van der Waals surface area contributed by atoms with Crippen molar-refractivity contribution in [3.8, 4) is 0 Å². The molecular formula is C17H29NOS. The van der Waals surface area contributed by atoms with Crippen LogP contribution in [-0.2, 0) is 5.75 Å². The van der Waals surface area contributed by atoms with E-state index in [1.807, 2.05) is 11.8 Å². The molecule has 1 aromatic rings. The van der Waals surface area contributed by atoms with Gasteiger partial charge in [-0.15, -0.1) is 0 Å². The molecule has 0 fully saturated rings. The second-order valence-corrected chi connectivity index (χ2v) is 7.42. The number of aliphatic hydroxyl groups is 1. The summed E-state index contributed by atoms with van der Waals surface area (Å²) in [5.41, 5.74) is 3.91. The van der Waals surface area contributed by atoms with Gasteiger partial charge in [-0.1, -0.05) is 43.2 Å². The van der Waals surface area contributed by atoms with E-state index in [-0.39, 0.29) is 12.1 Å². The lowest BCUT2D eigenvalue weighted by molar-refractivity contribution is 0.162. The van der Waals surface area contributed by atoms with Crippen molar-refractivity contribution in [1.29, 1.82) is 0 Å². The van der Waals surface area contributed by atoms with E-state index in [0.717, 1.165) is 17.9 Å². The fourth-order valence-corrected chi connectivity index (χ4v) is 3.68. The van der Waals surface area contributed by atoms with Gasteiger partial charge in [0, 0.05) is 17.3 Å². The fourth-order valence-electron chi connectivity index (χ4n) is 2.53. The Morgan fingerprint density at radius 2 is 1.80 bits per heavy atom. The minimum absolute atomic E-state index is 0.163. The highest BCUT2D eigenvalue weighted by atomic mass is 32.2. The molecule has 0 amide bonds. The number of thioether (sulfide) groups is 1. The van der Waals surface area contributed by atoms with Gasteiger partial charge in [0.15, 0.2) is 0 Å². The van der Waals surface area contributed by atoms with Crippen molar-refractivity contribution >= 4 is 11.8 Å². The molecule has 1 atom stereocenters. The largest absolute Gasteiger partial charge is 0.394 e. The number of hydrogen-bond donors (Lipinski definition) is 2. The van der Waals surface area contributed by atoms with Gasteiger partial charge in [0.25, 0.3) is 0 Å². The van der Waals surface area contributed by atoms with Crippen LogP contribution in [0.5, 0.6) is 0 Å². The standard InChI is InChI=1S/C17H29NOS/c1-13(2)18-17(5,12-19)6-7-20-11-16-9-14(3)8-15(4)10-16/h8-10,13,18-19H,6-7,11-12H2,1-5H3. The molecule has 0 spiro atoms. The first kappa shape index (κ1) is 17.5. The summed E-state index contributed by atoms with van der Waals surface area (Å²) in [5, 5.41) is 13.0. The zero-order chi connectivity index (χ0) is 15.2. The predicted molar refractivity (Wildman–Crippen MR) is 90.5 cm³/mol. The first-order chi connectivity index (χ1) is 9.34. The molecule has 0 bridgehead atoms. The minimum Gasteiger partial charge on any atom is -0.394 e. The molecular weight excluding hydrogens is 266 g/mol. The summed E-state index contributed by atoms with van der Waals surface area (Å²) in [7, 11) is 0. The van der Waals surface area contributed by atoms with Crippen LogP contribution in [0.2, 0.25) is 0 Å². The Morgan fingerprint density at radius 1 is 1.20 bits per heavy atom. The Labute approximate surface area is 128 Å². The Morgan fingerprint density at radius 3 is 2.30 bits per heavy atom. The van der Waals surface area contributed by atoms with Gasteiger partial charge in [0.05, 0.1) is 6.61 Å². The van der Waals surface area contributed by atoms with E-state index in [0.29, 0.717) is 6.04 Å². The third-order valence-corrected chi connectivity index (χ3v) is 4.36. The van der Waals surface area contributed by atoms with E-state index in [1.165, 1.54) is 16.7 Å². The maximum Gasteiger partial charge on any atom is 0.0610 e. The van der Waals surface area contributed by atoms with Gasteiger partial charge < -0.3 is 10.4 Å². The molecule has 1 unspecified atom stereocenters. The summed E-state index contributed by atoms with van der Waals surface area (Å²) >= 11 is 1.94. The number of aryl methyl sites for hydroxylation is 2. The van der Waals surface area contributed by atoms with Gasteiger partial charge in [0.1, 0.15) is 0 Å². The molecule has 2 nitrogen and oxygen atoms in total. The maximum absolute atomic E-state index is 9.55. The van der Waals surface area contributed by atoms with Crippen LogP contribution >= 0.6 is 11.8 Å². The van der Waals surface area contributed by atoms with Gasteiger partial charge in [-0.25, -0.2) is 0 Å². The highest BCUT2D eigenvalue weighted by Gasteiger charge is 2.23. The average Bonchev–Trinajstić information content (AvgIpc) is 2.33. The van der Waals surface area contributed by atoms with Crippen molar-refractivity contribution in [3.63, 3.8) is 0 Å². The molecule has 0 saturated carbocycles. The summed E-state index contributed by atoms with van der Waals surface area (Å²) in [6, 6.07) is 7.13. The SMILES string of the molecule is Cc1cc(C)cc(CSCCC(C)(CO)NC(C)C)c1. The smallest absolute Gasteiger partial charge is 0.0610 e. The monoisotopic (exact) mass is 295 g/mol. The molecule has 114 valence electrons. The molecule has 1 rings (SSSR count). The normalized spacial score (nSPS) is 14.6. The highest BCUT2D eigenvalue weighted by molar-refractivity contribution is 7.98. The zero-order valence-corrected chi connectivity index (χ0v) is 14.3. The van der Waals surface area contributed by atoms with Crippen molar-refractivity contribution in [2.45, 2.75) is 58.4 Å². The molecule has 0 saturated heterocycles. The van der Waals surface area contributed by atoms with Gasteiger partial charge in [-0.05, 0) is 38.5 Å². The Bertz CT molecular complexity index is 399. The summed E-state index contributed by atoms with van der Waals surface area (Å²) in [6.07, 6.45) is 0.983. The van der Waals surface area contributed by atoms with Crippen LogP contribution in [-0.4, -0.2) is 29.0 Å². The van der Waals surface area contributed by atoms with Crippen LogP contribution in [0.1, 0.15) is 43.9 Å². The van der Waals surface area contributed by atoms with Crippen LogP contribution in [0.3, 0.4) is 0 Å².